The van der Waals surface area contributed by atoms with E-state index in [-0.39, 0.29) is 11.7 Å². The Balaban J connectivity index is 1.72. The van der Waals surface area contributed by atoms with Gasteiger partial charge in [0.25, 0.3) is 0 Å². The zero-order valence-electron chi connectivity index (χ0n) is 12.5. The molecule has 2 rings (SSSR count). The summed E-state index contributed by atoms with van der Waals surface area (Å²) in [7, 11) is 0. The number of nitrogens with one attached hydrogen (secondary N) is 1. The van der Waals surface area contributed by atoms with Crippen molar-refractivity contribution in [3.63, 3.8) is 0 Å². The molecule has 1 N–H and O–H groups in total. The number of carbonyl (C=O) groups excluding carboxylic acids is 1. The van der Waals surface area contributed by atoms with Crippen molar-refractivity contribution in [2.75, 3.05) is 19.6 Å². The first-order valence-electron chi connectivity index (χ1n) is 7.60. The van der Waals surface area contributed by atoms with Gasteiger partial charge in [-0.3, -0.25) is 9.69 Å². The van der Waals surface area contributed by atoms with Gasteiger partial charge >= 0.3 is 0 Å². The summed E-state index contributed by atoms with van der Waals surface area (Å²) < 4.78 is 13.0. The number of benzene rings is 1. The molecular weight excluding hydrogens is 267 g/mol. The van der Waals surface area contributed by atoms with Crippen molar-refractivity contribution in [1.82, 2.24) is 10.2 Å². The molecule has 114 valence electrons. The topological polar surface area (TPSA) is 32.3 Å². The first-order valence-corrected chi connectivity index (χ1v) is 7.60. The third kappa shape index (κ3) is 5.31. The van der Waals surface area contributed by atoms with E-state index < -0.39 is 0 Å². The Morgan fingerprint density at radius 3 is 3.10 bits per heavy atom. The van der Waals surface area contributed by atoms with E-state index in [0.29, 0.717) is 18.2 Å². The van der Waals surface area contributed by atoms with E-state index in [4.69, 9.17) is 0 Å². The van der Waals surface area contributed by atoms with Crippen molar-refractivity contribution in [2.45, 2.75) is 32.2 Å². The number of likely N-dealkylation sites (tertiary alicyclic amines) is 1. The number of halogens is 1. The molecule has 1 fully saturated rings. The van der Waals surface area contributed by atoms with Gasteiger partial charge < -0.3 is 5.32 Å². The van der Waals surface area contributed by atoms with Crippen LogP contribution in [0.5, 0.6) is 0 Å². The highest BCUT2D eigenvalue weighted by Crippen LogP contribution is 2.15. The second-order valence-corrected chi connectivity index (χ2v) is 5.56. The number of amides is 1. The highest BCUT2D eigenvalue weighted by Gasteiger charge is 2.17. The molecule has 1 amide bonds. The lowest BCUT2D eigenvalue weighted by Gasteiger charge is -2.33. The minimum absolute atomic E-state index is 0.135. The Morgan fingerprint density at radius 1 is 1.48 bits per heavy atom. The molecule has 0 bridgehead atoms. The summed E-state index contributed by atoms with van der Waals surface area (Å²) in [5.41, 5.74) is 0.690. The van der Waals surface area contributed by atoms with Crippen LogP contribution in [0.4, 0.5) is 4.39 Å². The third-order valence-electron chi connectivity index (χ3n) is 3.91. The van der Waals surface area contributed by atoms with Gasteiger partial charge in [0.2, 0.25) is 5.91 Å². The molecule has 3 nitrogen and oxygen atoms in total. The van der Waals surface area contributed by atoms with E-state index in [0.717, 1.165) is 13.1 Å². The number of hydrogen-bond acceptors (Lipinski definition) is 2. The third-order valence-corrected chi connectivity index (χ3v) is 3.91. The van der Waals surface area contributed by atoms with Crippen LogP contribution >= 0.6 is 0 Å². The van der Waals surface area contributed by atoms with Gasteiger partial charge in [-0.05, 0) is 50.1 Å². The molecule has 1 atom stereocenters. The van der Waals surface area contributed by atoms with Gasteiger partial charge in [-0.25, -0.2) is 4.39 Å². The van der Waals surface area contributed by atoms with Crippen LogP contribution in [-0.4, -0.2) is 36.5 Å². The summed E-state index contributed by atoms with van der Waals surface area (Å²) >= 11 is 0. The summed E-state index contributed by atoms with van der Waals surface area (Å²) in [5, 5.41) is 2.87. The molecule has 0 aliphatic carbocycles. The summed E-state index contributed by atoms with van der Waals surface area (Å²) in [6.07, 6.45) is 6.88. The number of piperidine rings is 1. The molecule has 21 heavy (non-hydrogen) atoms. The monoisotopic (exact) mass is 290 g/mol. The Labute approximate surface area is 125 Å². The number of rotatable bonds is 5. The lowest BCUT2D eigenvalue weighted by atomic mass is 10.0. The lowest BCUT2D eigenvalue weighted by molar-refractivity contribution is -0.116. The molecule has 1 aromatic carbocycles. The van der Waals surface area contributed by atoms with Gasteiger partial charge in [-0.15, -0.1) is 0 Å². The molecule has 1 heterocycles. The van der Waals surface area contributed by atoms with Crippen LogP contribution in [0.3, 0.4) is 0 Å². The van der Waals surface area contributed by atoms with Gasteiger partial charge in [0.1, 0.15) is 5.82 Å². The van der Waals surface area contributed by atoms with Crippen molar-refractivity contribution in [1.29, 1.82) is 0 Å². The molecule has 1 aliphatic heterocycles. The van der Waals surface area contributed by atoms with Crippen molar-refractivity contribution in [3.05, 3.63) is 41.7 Å². The average Bonchev–Trinajstić information content (AvgIpc) is 2.47. The Morgan fingerprint density at radius 2 is 2.33 bits per heavy atom. The highest BCUT2D eigenvalue weighted by atomic mass is 19.1. The van der Waals surface area contributed by atoms with E-state index >= 15 is 0 Å². The molecule has 4 heteroatoms. The Hall–Kier alpha value is -1.68. The quantitative estimate of drug-likeness (QED) is 0.846. The predicted molar refractivity (Wildman–Crippen MR) is 83.3 cm³/mol. The van der Waals surface area contributed by atoms with Crippen LogP contribution in [0.15, 0.2) is 30.3 Å². The molecule has 0 radical (unpaired) electrons. The summed E-state index contributed by atoms with van der Waals surface area (Å²) in [4.78, 5) is 14.1. The molecule has 0 aromatic heterocycles. The minimum atomic E-state index is -0.295. The maximum atomic E-state index is 13.0. The van der Waals surface area contributed by atoms with Gasteiger partial charge in [0.05, 0.1) is 0 Å². The van der Waals surface area contributed by atoms with E-state index in [1.807, 2.05) is 0 Å². The number of nitrogens with zero attached hydrogens (tertiary/aromatic N) is 1. The smallest absolute Gasteiger partial charge is 0.244 e. The van der Waals surface area contributed by atoms with Crippen LogP contribution in [0.25, 0.3) is 6.08 Å². The molecule has 0 spiro atoms. The normalized spacial score (nSPS) is 19.8. The average molecular weight is 290 g/mol. The van der Waals surface area contributed by atoms with Gasteiger partial charge in [-0.1, -0.05) is 18.6 Å². The molecule has 1 aliphatic rings. The Kier molecular flexibility index (Phi) is 5.93. The number of hydrogen-bond donors (Lipinski definition) is 1. The molecule has 0 saturated carbocycles. The van der Waals surface area contributed by atoms with Gasteiger partial charge in [0, 0.05) is 25.2 Å². The van der Waals surface area contributed by atoms with Crippen molar-refractivity contribution in [2.24, 2.45) is 0 Å². The van der Waals surface area contributed by atoms with Crippen LogP contribution in [0.1, 0.15) is 31.7 Å². The zero-order valence-corrected chi connectivity index (χ0v) is 12.5. The molecule has 1 aromatic rings. The molecule has 1 saturated heterocycles. The zero-order chi connectivity index (χ0) is 15.1. The van der Waals surface area contributed by atoms with E-state index in [1.165, 1.54) is 37.5 Å². The maximum Gasteiger partial charge on any atom is 0.244 e. The largest absolute Gasteiger partial charge is 0.351 e. The van der Waals surface area contributed by atoms with Crippen molar-refractivity contribution >= 4 is 12.0 Å². The van der Waals surface area contributed by atoms with Crippen molar-refractivity contribution in [3.8, 4) is 0 Å². The van der Waals surface area contributed by atoms with E-state index in [9.17, 15) is 9.18 Å². The summed E-state index contributed by atoms with van der Waals surface area (Å²) in [6, 6.07) is 6.79. The fourth-order valence-electron chi connectivity index (χ4n) is 2.65. The van der Waals surface area contributed by atoms with Crippen LogP contribution in [0.2, 0.25) is 0 Å². The standard InChI is InChI=1S/C17H23FN2O/c1-14-5-2-3-11-20(14)12-10-19-17(21)9-8-15-6-4-7-16(18)13-15/h4,6-9,13-14H,2-3,5,10-12H2,1H3,(H,19,21)/b9-8+. The second kappa shape index (κ2) is 7.93. The minimum Gasteiger partial charge on any atom is -0.351 e. The first-order chi connectivity index (χ1) is 10.1. The molecular formula is C17H23FN2O. The fraction of sp³-hybridized carbons (Fsp3) is 0.471. The van der Waals surface area contributed by atoms with Gasteiger partial charge in [0.15, 0.2) is 0 Å². The van der Waals surface area contributed by atoms with Crippen LogP contribution in [-0.2, 0) is 4.79 Å². The number of carbonyl (C=O) groups is 1. The lowest BCUT2D eigenvalue weighted by Crippen LogP contribution is -2.42. The van der Waals surface area contributed by atoms with Crippen molar-refractivity contribution < 1.29 is 9.18 Å². The first kappa shape index (κ1) is 15.7. The SMILES string of the molecule is CC1CCCCN1CCNC(=O)/C=C/c1cccc(F)c1. The van der Waals surface area contributed by atoms with E-state index in [1.54, 1.807) is 18.2 Å². The second-order valence-electron chi connectivity index (χ2n) is 5.56. The maximum absolute atomic E-state index is 13.0. The van der Waals surface area contributed by atoms with Crippen LogP contribution < -0.4 is 5.32 Å². The Bertz CT molecular complexity index is 501. The fourth-order valence-corrected chi connectivity index (χ4v) is 2.65. The van der Waals surface area contributed by atoms with E-state index in [2.05, 4.69) is 17.1 Å². The molecule has 1 unspecified atom stereocenters. The highest BCUT2D eigenvalue weighted by molar-refractivity contribution is 5.91. The van der Waals surface area contributed by atoms with Crippen LogP contribution in [0, 0.1) is 5.82 Å². The van der Waals surface area contributed by atoms with Gasteiger partial charge in [-0.2, -0.15) is 0 Å². The predicted octanol–water partition coefficient (Wildman–Crippen LogP) is 2.83. The summed E-state index contributed by atoms with van der Waals surface area (Å²) in [5.74, 6) is -0.430. The summed E-state index contributed by atoms with van der Waals surface area (Å²) in [6.45, 7) is 4.90.